The number of hydrazine groups is 1. The smallest absolute Gasteiger partial charge is 0.270 e. The molecule has 154 valence electrons. The van der Waals surface area contributed by atoms with Gasteiger partial charge in [0.05, 0.1) is 9.82 Å². The number of hydrogen-bond acceptors (Lipinski definition) is 6. The maximum atomic E-state index is 12.9. The lowest BCUT2D eigenvalue weighted by molar-refractivity contribution is -0.385. The van der Waals surface area contributed by atoms with E-state index in [0.29, 0.717) is 5.56 Å². The van der Waals surface area contributed by atoms with Gasteiger partial charge >= 0.3 is 0 Å². The number of piperidine rings is 1. The molecular weight excluding hydrogens is 388 g/mol. The number of non-ortho nitro benzene ring substituents is 1. The Balaban J connectivity index is 2.04. The van der Waals surface area contributed by atoms with Gasteiger partial charge in [-0.05, 0) is 25.3 Å². The Bertz CT molecular complexity index is 876. The maximum absolute atomic E-state index is 12.9. The summed E-state index contributed by atoms with van der Waals surface area (Å²) in [5, 5.41) is 11.0. The van der Waals surface area contributed by atoms with Crippen molar-refractivity contribution in [1.82, 2.24) is 15.2 Å². The zero-order chi connectivity index (χ0) is 21.1. The molecule has 1 heterocycles. The number of nitrogens with one attached hydrogen (secondary N) is 2. The fraction of sp³-hybridized carbons (Fsp3) is 0.529. The van der Waals surface area contributed by atoms with Crippen LogP contribution in [0, 0.1) is 28.9 Å². The van der Waals surface area contributed by atoms with Gasteiger partial charge in [-0.3, -0.25) is 30.6 Å². The van der Waals surface area contributed by atoms with Crippen LogP contribution >= 0.6 is 0 Å². The Morgan fingerprint density at radius 3 is 2.36 bits per heavy atom. The molecule has 1 aromatic carbocycles. The summed E-state index contributed by atoms with van der Waals surface area (Å²) >= 11 is 0. The average Bonchev–Trinajstić information content (AvgIpc) is 2.65. The Morgan fingerprint density at radius 1 is 1.21 bits per heavy atom. The number of sulfonamides is 1. The van der Waals surface area contributed by atoms with Crippen molar-refractivity contribution >= 4 is 27.5 Å². The molecule has 0 aliphatic carbocycles. The number of rotatable bonds is 5. The second kappa shape index (κ2) is 8.65. The number of nitro groups is 1. The van der Waals surface area contributed by atoms with Crippen LogP contribution in [0.5, 0.6) is 0 Å². The highest BCUT2D eigenvalue weighted by molar-refractivity contribution is 7.89. The molecule has 1 aliphatic rings. The standard InChI is InChI=1S/C17H24N4O6S/c1-11(2)16(22)18-19-17(23)13-6-8-20(9-7-13)28(26,27)15-10-14(21(24)25)5-4-12(15)3/h4-5,10-11,13H,6-9H2,1-3H3,(H,18,22)(H,19,23). The van der Waals surface area contributed by atoms with Gasteiger partial charge < -0.3 is 0 Å². The number of benzene rings is 1. The molecule has 0 aromatic heterocycles. The van der Waals surface area contributed by atoms with Crippen LogP contribution in [0.2, 0.25) is 0 Å². The third-order valence-corrected chi connectivity index (χ3v) is 6.70. The van der Waals surface area contributed by atoms with E-state index in [9.17, 15) is 28.1 Å². The molecule has 10 nitrogen and oxygen atoms in total. The van der Waals surface area contributed by atoms with Crippen LogP contribution in [-0.4, -0.2) is 42.6 Å². The number of hydrogen-bond donors (Lipinski definition) is 2. The number of carbonyl (C=O) groups is 2. The average molecular weight is 412 g/mol. The first-order valence-corrected chi connectivity index (χ1v) is 10.3. The van der Waals surface area contributed by atoms with E-state index in [1.807, 2.05) is 0 Å². The first-order valence-electron chi connectivity index (χ1n) is 8.89. The monoisotopic (exact) mass is 412 g/mol. The van der Waals surface area contributed by atoms with Crippen LogP contribution in [0.15, 0.2) is 23.1 Å². The Kier molecular flexibility index (Phi) is 6.73. The highest BCUT2D eigenvalue weighted by Crippen LogP contribution is 2.28. The molecule has 0 unspecified atom stereocenters. The molecule has 2 rings (SSSR count). The Labute approximate surface area is 163 Å². The van der Waals surface area contributed by atoms with Gasteiger partial charge in [0.1, 0.15) is 0 Å². The summed E-state index contributed by atoms with van der Waals surface area (Å²) < 4.78 is 27.0. The maximum Gasteiger partial charge on any atom is 0.270 e. The molecule has 1 aliphatic heterocycles. The minimum Gasteiger partial charge on any atom is -0.273 e. The van der Waals surface area contributed by atoms with Crippen LogP contribution in [0.1, 0.15) is 32.3 Å². The van der Waals surface area contributed by atoms with Crippen molar-refractivity contribution in [2.24, 2.45) is 11.8 Å². The van der Waals surface area contributed by atoms with E-state index in [-0.39, 0.29) is 54.2 Å². The minimum absolute atomic E-state index is 0.103. The van der Waals surface area contributed by atoms with Crippen molar-refractivity contribution in [2.45, 2.75) is 38.5 Å². The summed E-state index contributed by atoms with van der Waals surface area (Å²) in [7, 11) is -3.91. The number of nitrogens with zero attached hydrogens (tertiary/aromatic N) is 2. The van der Waals surface area contributed by atoms with Gasteiger partial charge in [-0.1, -0.05) is 19.9 Å². The van der Waals surface area contributed by atoms with E-state index >= 15 is 0 Å². The van der Waals surface area contributed by atoms with Gasteiger partial charge in [0, 0.05) is 37.1 Å². The predicted molar refractivity (Wildman–Crippen MR) is 100 cm³/mol. The lowest BCUT2D eigenvalue weighted by Crippen LogP contribution is -2.49. The van der Waals surface area contributed by atoms with Crippen LogP contribution in [0.3, 0.4) is 0 Å². The zero-order valence-corrected chi connectivity index (χ0v) is 16.8. The lowest BCUT2D eigenvalue weighted by Gasteiger charge is -2.30. The second-order valence-corrected chi connectivity index (χ2v) is 8.92. The van der Waals surface area contributed by atoms with E-state index in [4.69, 9.17) is 0 Å². The normalized spacial score (nSPS) is 16.0. The van der Waals surface area contributed by atoms with Gasteiger partial charge in [0.2, 0.25) is 21.8 Å². The number of carbonyl (C=O) groups excluding carboxylic acids is 2. The predicted octanol–water partition coefficient (Wildman–Crippen LogP) is 1.11. The van der Waals surface area contributed by atoms with Crippen molar-refractivity contribution in [1.29, 1.82) is 0 Å². The van der Waals surface area contributed by atoms with Crippen molar-refractivity contribution in [3.8, 4) is 0 Å². The topological polar surface area (TPSA) is 139 Å². The summed E-state index contributed by atoms with van der Waals surface area (Å²) in [5.74, 6) is -1.37. The van der Waals surface area contributed by atoms with Crippen LogP contribution < -0.4 is 10.9 Å². The summed E-state index contributed by atoms with van der Waals surface area (Å²) in [5.41, 5.74) is 4.83. The van der Waals surface area contributed by atoms with E-state index in [1.54, 1.807) is 20.8 Å². The highest BCUT2D eigenvalue weighted by Gasteiger charge is 2.33. The molecule has 1 saturated heterocycles. The minimum atomic E-state index is -3.91. The molecule has 2 amide bonds. The molecule has 0 radical (unpaired) electrons. The third kappa shape index (κ3) is 4.84. The third-order valence-electron chi connectivity index (χ3n) is 4.66. The van der Waals surface area contributed by atoms with Crippen LogP contribution in [-0.2, 0) is 19.6 Å². The largest absolute Gasteiger partial charge is 0.273 e. The molecule has 1 fully saturated rings. The zero-order valence-electron chi connectivity index (χ0n) is 16.0. The van der Waals surface area contributed by atoms with Crippen molar-refractivity contribution in [3.63, 3.8) is 0 Å². The molecular formula is C17H24N4O6S. The Morgan fingerprint density at radius 2 is 1.82 bits per heavy atom. The molecule has 28 heavy (non-hydrogen) atoms. The molecule has 2 N–H and O–H groups in total. The highest BCUT2D eigenvalue weighted by atomic mass is 32.2. The first kappa shape index (κ1) is 21.8. The number of amides is 2. The van der Waals surface area contributed by atoms with E-state index in [1.165, 1.54) is 16.4 Å². The van der Waals surface area contributed by atoms with Gasteiger partial charge in [-0.15, -0.1) is 0 Å². The Hall–Kier alpha value is -2.53. The second-order valence-electron chi connectivity index (χ2n) is 7.02. The quantitative estimate of drug-likeness (QED) is 0.549. The first-order chi connectivity index (χ1) is 13.0. The number of aryl methyl sites for hydroxylation is 1. The summed E-state index contributed by atoms with van der Waals surface area (Å²) in [4.78, 5) is 33.9. The van der Waals surface area contributed by atoms with Gasteiger partial charge in [-0.25, -0.2) is 8.42 Å². The molecule has 0 spiro atoms. The molecule has 0 saturated carbocycles. The van der Waals surface area contributed by atoms with E-state index in [0.717, 1.165) is 6.07 Å². The van der Waals surface area contributed by atoms with Crippen molar-refractivity contribution < 1.29 is 22.9 Å². The lowest BCUT2D eigenvalue weighted by atomic mass is 9.98. The summed E-state index contributed by atoms with van der Waals surface area (Å²) in [6, 6.07) is 3.73. The molecule has 0 bridgehead atoms. The van der Waals surface area contributed by atoms with E-state index < -0.39 is 20.9 Å². The van der Waals surface area contributed by atoms with Crippen molar-refractivity contribution in [2.75, 3.05) is 13.1 Å². The molecule has 1 aromatic rings. The van der Waals surface area contributed by atoms with E-state index in [2.05, 4.69) is 10.9 Å². The van der Waals surface area contributed by atoms with Crippen LogP contribution in [0.4, 0.5) is 5.69 Å². The SMILES string of the molecule is Cc1ccc([N+](=O)[O-])cc1S(=O)(=O)N1CCC(C(=O)NNC(=O)C(C)C)CC1. The summed E-state index contributed by atoms with van der Waals surface area (Å²) in [6.45, 7) is 5.19. The van der Waals surface area contributed by atoms with Gasteiger partial charge in [-0.2, -0.15) is 4.31 Å². The van der Waals surface area contributed by atoms with Gasteiger partial charge in [0.15, 0.2) is 0 Å². The number of nitro benzene ring substituents is 1. The molecule has 11 heteroatoms. The van der Waals surface area contributed by atoms with Crippen LogP contribution in [0.25, 0.3) is 0 Å². The fourth-order valence-electron chi connectivity index (χ4n) is 2.85. The molecule has 0 atom stereocenters. The van der Waals surface area contributed by atoms with Crippen molar-refractivity contribution in [3.05, 3.63) is 33.9 Å². The van der Waals surface area contributed by atoms with Gasteiger partial charge in [0.25, 0.3) is 5.69 Å². The fourth-order valence-corrected chi connectivity index (χ4v) is 4.56. The summed E-state index contributed by atoms with van der Waals surface area (Å²) in [6.07, 6.45) is 0.577.